The molecule has 17 heavy (non-hydrogen) atoms. The van der Waals surface area contributed by atoms with E-state index in [0.717, 1.165) is 0 Å². The number of nitrogens with one attached hydrogen (secondary N) is 1. The molecule has 1 unspecified atom stereocenters. The van der Waals surface area contributed by atoms with Crippen molar-refractivity contribution >= 4 is 11.8 Å². The molecule has 1 heterocycles. The Morgan fingerprint density at radius 2 is 2.18 bits per heavy atom. The van der Waals surface area contributed by atoms with Gasteiger partial charge in [0, 0.05) is 19.5 Å². The predicted molar refractivity (Wildman–Crippen MR) is 63.2 cm³/mol. The van der Waals surface area contributed by atoms with Crippen molar-refractivity contribution in [2.24, 2.45) is 5.92 Å². The number of hydrogen-bond acceptors (Lipinski definition) is 2. The van der Waals surface area contributed by atoms with Gasteiger partial charge in [0.05, 0.1) is 6.67 Å². The highest BCUT2D eigenvalue weighted by atomic mass is 19.1. The van der Waals surface area contributed by atoms with E-state index < -0.39 is 12.7 Å². The van der Waals surface area contributed by atoms with E-state index in [0.29, 0.717) is 38.3 Å². The van der Waals surface area contributed by atoms with Gasteiger partial charge in [0.1, 0.15) is 6.04 Å². The zero-order valence-corrected chi connectivity index (χ0v) is 10.5. The van der Waals surface area contributed by atoms with Gasteiger partial charge in [-0.25, -0.2) is 0 Å². The summed E-state index contributed by atoms with van der Waals surface area (Å²) in [5, 5.41) is 2.74. The molecule has 1 aliphatic heterocycles. The van der Waals surface area contributed by atoms with Crippen molar-refractivity contribution in [1.82, 2.24) is 10.2 Å². The molecule has 0 saturated carbocycles. The van der Waals surface area contributed by atoms with E-state index in [1.165, 1.54) is 0 Å². The lowest BCUT2D eigenvalue weighted by atomic mass is 10.0. The summed E-state index contributed by atoms with van der Waals surface area (Å²) in [5.41, 5.74) is 0. The fourth-order valence-electron chi connectivity index (χ4n) is 2.00. The van der Waals surface area contributed by atoms with Crippen LogP contribution in [0.5, 0.6) is 0 Å². The van der Waals surface area contributed by atoms with E-state index in [-0.39, 0.29) is 11.8 Å². The van der Waals surface area contributed by atoms with Crippen molar-refractivity contribution in [2.45, 2.75) is 39.2 Å². The van der Waals surface area contributed by atoms with Crippen molar-refractivity contribution in [3.8, 4) is 0 Å². The number of halogens is 1. The summed E-state index contributed by atoms with van der Waals surface area (Å²) in [4.78, 5) is 25.2. The molecule has 1 atom stereocenters. The molecular formula is C12H21FN2O2. The van der Waals surface area contributed by atoms with Crippen LogP contribution in [0.4, 0.5) is 4.39 Å². The molecule has 2 amide bonds. The summed E-state index contributed by atoms with van der Waals surface area (Å²) < 4.78 is 12.1. The summed E-state index contributed by atoms with van der Waals surface area (Å²) >= 11 is 0. The molecule has 1 rings (SSSR count). The fraction of sp³-hybridized carbons (Fsp3) is 0.833. The number of amides is 2. The van der Waals surface area contributed by atoms with Crippen LogP contribution in [-0.2, 0) is 9.59 Å². The molecule has 5 heteroatoms. The number of rotatable bonds is 5. The van der Waals surface area contributed by atoms with Gasteiger partial charge in [0.15, 0.2) is 0 Å². The van der Waals surface area contributed by atoms with Crippen LogP contribution in [0.25, 0.3) is 0 Å². The Hall–Kier alpha value is -1.13. The van der Waals surface area contributed by atoms with Crippen LogP contribution >= 0.6 is 0 Å². The average Bonchev–Trinajstić information content (AvgIpc) is 2.38. The minimum absolute atomic E-state index is 0.0713. The Morgan fingerprint density at radius 3 is 2.76 bits per heavy atom. The molecule has 4 nitrogen and oxygen atoms in total. The summed E-state index contributed by atoms with van der Waals surface area (Å²) in [6.07, 6.45) is 1.29. The van der Waals surface area contributed by atoms with Crippen LogP contribution in [0.3, 0.4) is 0 Å². The first kappa shape index (κ1) is 13.9. The summed E-state index contributed by atoms with van der Waals surface area (Å²) in [7, 11) is 0. The van der Waals surface area contributed by atoms with Gasteiger partial charge in [-0.15, -0.1) is 0 Å². The van der Waals surface area contributed by atoms with Gasteiger partial charge in [0.25, 0.3) is 0 Å². The van der Waals surface area contributed by atoms with Crippen LogP contribution in [0.2, 0.25) is 0 Å². The van der Waals surface area contributed by atoms with Crippen LogP contribution in [0, 0.1) is 5.92 Å². The highest BCUT2D eigenvalue weighted by Crippen LogP contribution is 2.12. The maximum Gasteiger partial charge on any atom is 0.245 e. The lowest BCUT2D eigenvalue weighted by Gasteiger charge is -2.24. The fourth-order valence-corrected chi connectivity index (χ4v) is 2.00. The van der Waals surface area contributed by atoms with Crippen LogP contribution < -0.4 is 5.32 Å². The van der Waals surface area contributed by atoms with Crippen LogP contribution in [0.15, 0.2) is 0 Å². The quantitative estimate of drug-likeness (QED) is 0.787. The van der Waals surface area contributed by atoms with Crippen molar-refractivity contribution in [2.75, 3.05) is 19.8 Å². The summed E-state index contributed by atoms with van der Waals surface area (Å²) in [5.74, 6) is 0.176. The van der Waals surface area contributed by atoms with Gasteiger partial charge in [0.2, 0.25) is 11.8 Å². The minimum Gasteiger partial charge on any atom is -0.344 e. The number of carbonyl (C=O) groups is 2. The molecule has 0 bridgehead atoms. The topological polar surface area (TPSA) is 49.4 Å². The monoisotopic (exact) mass is 244 g/mol. The normalized spacial score (nSPS) is 21.6. The molecule has 0 aromatic heterocycles. The van der Waals surface area contributed by atoms with Crippen molar-refractivity contribution in [3.05, 3.63) is 0 Å². The highest BCUT2D eigenvalue weighted by Gasteiger charge is 2.29. The Kier molecular flexibility index (Phi) is 5.38. The second-order valence-corrected chi connectivity index (χ2v) is 4.87. The standard InChI is InChI=1S/C12H21FN2O2/c1-9(2)8-10-12(17)15(6-3-5-13)7-4-11(16)14-10/h9-10H,3-8H2,1-2H3,(H,14,16). The van der Waals surface area contributed by atoms with Crippen molar-refractivity contribution in [1.29, 1.82) is 0 Å². The van der Waals surface area contributed by atoms with Gasteiger partial charge in [-0.1, -0.05) is 13.8 Å². The summed E-state index contributed by atoms with van der Waals surface area (Å²) in [6, 6.07) is -0.440. The Morgan fingerprint density at radius 1 is 1.47 bits per heavy atom. The number of nitrogens with zero attached hydrogens (tertiary/aromatic N) is 1. The van der Waals surface area contributed by atoms with E-state index in [9.17, 15) is 14.0 Å². The number of hydrogen-bond donors (Lipinski definition) is 1. The maximum absolute atomic E-state index is 12.1. The van der Waals surface area contributed by atoms with E-state index >= 15 is 0 Å². The number of alkyl halides is 1. The van der Waals surface area contributed by atoms with Crippen molar-refractivity contribution < 1.29 is 14.0 Å². The lowest BCUT2D eigenvalue weighted by molar-refractivity contribution is -0.134. The molecule has 0 spiro atoms. The van der Waals surface area contributed by atoms with E-state index in [4.69, 9.17) is 0 Å². The largest absolute Gasteiger partial charge is 0.344 e. The Bertz CT molecular complexity index is 282. The van der Waals surface area contributed by atoms with Crippen LogP contribution in [0.1, 0.15) is 33.1 Å². The zero-order valence-electron chi connectivity index (χ0n) is 10.5. The maximum atomic E-state index is 12.1. The van der Waals surface area contributed by atoms with E-state index in [2.05, 4.69) is 5.32 Å². The Labute approximate surface area is 102 Å². The first-order valence-corrected chi connectivity index (χ1v) is 6.18. The minimum atomic E-state index is -0.440. The van der Waals surface area contributed by atoms with Gasteiger partial charge in [-0.3, -0.25) is 14.0 Å². The molecule has 1 aliphatic rings. The van der Waals surface area contributed by atoms with Crippen LogP contribution in [-0.4, -0.2) is 42.5 Å². The third-order valence-corrected chi connectivity index (χ3v) is 2.82. The predicted octanol–water partition coefficient (Wildman–Crippen LogP) is 1.11. The van der Waals surface area contributed by atoms with Crippen molar-refractivity contribution in [3.63, 3.8) is 0 Å². The third kappa shape index (κ3) is 4.32. The SMILES string of the molecule is CC(C)CC1NC(=O)CCN(CCCF)C1=O. The van der Waals surface area contributed by atoms with Gasteiger partial charge < -0.3 is 10.2 Å². The second kappa shape index (κ2) is 6.57. The molecular weight excluding hydrogens is 223 g/mol. The molecule has 0 aliphatic carbocycles. The second-order valence-electron chi connectivity index (χ2n) is 4.87. The molecule has 1 N–H and O–H groups in total. The summed E-state index contributed by atoms with van der Waals surface area (Å²) in [6.45, 7) is 4.39. The molecule has 1 fully saturated rings. The molecule has 0 aromatic rings. The van der Waals surface area contributed by atoms with Gasteiger partial charge in [-0.2, -0.15) is 0 Å². The van der Waals surface area contributed by atoms with Gasteiger partial charge in [-0.05, 0) is 18.8 Å². The Balaban J connectivity index is 2.67. The first-order valence-electron chi connectivity index (χ1n) is 6.18. The molecule has 0 aromatic carbocycles. The van der Waals surface area contributed by atoms with E-state index in [1.807, 2.05) is 13.8 Å². The average molecular weight is 244 g/mol. The molecule has 1 saturated heterocycles. The van der Waals surface area contributed by atoms with E-state index in [1.54, 1.807) is 4.90 Å². The highest BCUT2D eigenvalue weighted by molar-refractivity contribution is 5.89. The number of carbonyl (C=O) groups excluding carboxylic acids is 2. The van der Waals surface area contributed by atoms with Gasteiger partial charge >= 0.3 is 0 Å². The molecule has 0 radical (unpaired) electrons. The zero-order chi connectivity index (χ0) is 12.8. The lowest BCUT2D eigenvalue weighted by Crippen LogP contribution is -2.45. The third-order valence-electron chi connectivity index (χ3n) is 2.82. The smallest absolute Gasteiger partial charge is 0.245 e. The molecule has 98 valence electrons. The first-order chi connectivity index (χ1) is 8.04.